The predicted octanol–water partition coefficient (Wildman–Crippen LogP) is 1.74. The Hall–Kier alpha value is -1.37. The molecule has 2 N–H and O–H groups in total. The standard InChI is InChI=1S/C13H18ClN3O3/c14-10-7-11(9-15-8-10)16-13(19)17-3-1-12(2-4-17)20-6-5-18/h7-9,12,18H,1-6H2,(H,16,19). The van der Waals surface area contributed by atoms with Crippen LogP contribution in [-0.4, -0.2) is 53.4 Å². The number of urea groups is 1. The highest BCUT2D eigenvalue weighted by Gasteiger charge is 2.23. The van der Waals surface area contributed by atoms with Gasteiger partial charge in [0.15, 0.2) is 0 Å². The largest absolute Gasteiger partial charge is 0.394 e. The normalized spacial score (nSPS) is 16.2. The fraction of sp³-hybridized carbons (Fsp3) is 0.538. The Balaban J connectivity index is 1.80. The molecule has 1 aromatic heterocycles. The van der Waals surface area contributed by atoms with Crippen molar-refractivity contribution in [3.63, 3.8) is 0 Å². The molecule has 1 aliphatic rings. The smallest absolute Gasteiger partial charge is 0.321 e. The van der Waals surface area contributed by atoms with Crippen LogP contribution in [0.25, 0.3) is 0 Å². The number of piperidine rings is 1. The Morgan fingerprint density at radius 1 is 1.50 bits per heavy atom. The Morgan fingerprint density at radius 3 is 2.90 bits per heavy atom. The van der Waals surface area contributed by atoms with Gasteiger partial charge in [-0.05, 0) is 18.9 Å². The van der Waals surface area contributed by atoms with Crippen molar-refractivity contribution in [1.82, 2.24) is 9.88 Å². The van der Waals surface area contributed by atoms with Gasteiger partial charge in [0.1, 0.15) is 0 Å². The molecule has 2 rings (SSSR count). The molecule has 1 aromatic rings. The van der Waals surface area contributed by atoms with Gasteiger partial charge in [-0.3, -0.25) is 4.98 Å². The maximum Gasteiger partial charge on any atom is 0.321 e. The van der Waals surface area contributed by atoms with Gasteiger partial charge in [0.25, 0.3) is 0 Å². The Bertz CT molecular complexity index is 450. The lowest BCUT2D eigenvalue weighted by Gasteiger charge is -2.31. The highest BCUT2D eigenvalue weighted by atomic mass is 35.5. The molecular formula is C13H18ClN3O3. The summed E-state index contributed by atoms with van der Waals surface area (Å²) in [5.74, 6) is 0. The molecular weight excluding hydrogens is 282 g/mol. The van der Waals surface area contributed by atoms with Gasteiger partial charge in [-0.1, -0.05) is 11.6 Å². The number of ether oxygens (including phenoxy) is 1. The zero-order chi connectivity index (χ0) is 14.4. The number of anilines is 1. The van der Waals surface area contributed by atoms with Crippen molar-refractivity contribution in [1.29, 1.82) is 0 Å². The Kier molecular flexibility index (Phi) is 5.58. The summed E-state index contributed by atoms with van der Waals surface area (Å²) in [5.41, 5.74) is 0.584. The number of nitrogens with one attached hydrogen (secondary N) is 1. The lowest BCUT2D eigenvalue weighted by atomic mass is 10.1. The number of aliphatic hydroxyl groups is 1. The molecule has 2 amide bonds. The minimum atomic E-state index is -0.158. The fourth-order valence-corrected chi connectivity index (χ4v) is 2.30. The number of likely N-dealkylation sites (tertiary alicyclic amines) is 1. The molecule has 1 aliphatic heterocycles. The average Bonchev–Trinajstić information content (AvgIpc) is 2.45. The second-order valence-electron chi connectivity index (χ2n) is 4.60. The van der Waals surface area contributed by atoms with Gasteiger partial charge in [0.05, 0.1) is 36.2 Å². The number of rotatable bonds is 4. The number of carbonyl (C=O) groups excluding carboxylic acids is 1. The van der Waals surface area contributed by atoms with Crippen molar-refractivity contribution in [2.45, 2.75) is 18.9 Å². The van der Waals surface area contributed by atoms with E-state index in [0.29, 0.717) is 30.4 Å². The van der Waals surface area contributed by atoms with Crippen LogP contribution in [0.1, 0.15) is 12.8 Å². The van der Waals surface area contributed by atoms with Crippen LogP contribution in [0.15, 0.2) is 18.5 Å². The molecule has 0 aliphatic carbocycles. The van der Waals surface area contributed by atoms with E-state index in [0.717, 1.165) is 12.8 Å². The molecule has 0 bridgehead atoms. The molecule has 0 saturated carbocycles. The van der Waals surface area contributed by atoms with Crippen LogP contribution < -0.4 is 5.32 Å². The summed E-state index contributed by atoms with van der Waals surface area (Å²) in [6.07, 6.45) is 4.75. The molecule has 0 radical (unpaired) electrons. The van der Waals surface area contributed by atoms with E-state index in [9.17, 15) is 4.79 Å². The number of hydrogen-bond donors (Lipinski definition) is 2. The van der Waals surface area contributed by atoms with E-state index in [2.05, 4.69) is 10.3 Å². The first-order valence-electron chi connectivity index (χ1n) is 6.58. The lowest BCUT2D eigenvalue weighted by molar-refractivity contribution is -0.000876. The van der Waals surface area contributed by atoms with Crippen molar-refractivity contribution in [2.75, 3.05) is 31.6 Å². The average molecular weight is 300 g/mol. The number of amides is 2. The zero-order valence-electron chi connectivity index (χ0n) is 11.1. The van der Waals surface area contributed by atoms with E-state index in [1.54, 1.807) is 17.2 Å². The van der Waals surface area contributed by atoms with E-state index >= 15 is 0 Å². The maximum atomic E-state index is 12.1. The first-order chi connectivity index (χ1) is 9.69. The topological polar surface area (TPSA) is 74.7 Å². The van der Waals surface area contributed by atoms with Crippen LogP contribution in [0.3, 0.4) is 0 Å². The highest BCUT2D eigenvalue weighted by molar-refractivity contribution is 6.30. The van der Waals surface area contributed by atoms with Gasteiger partial charge >= 0.3 is 6.03 Å². The zero-order valence-corrected chi connectivity index (χ0v) is 11.8. The van der Waals surface area contributed by atoms with Gasteiger partial charge in [-0.25, -0.2) is 4.79 Å². The van der Waals surface area contributed by atoms with Crippen molar-refractivity contribution in [2.24, 2.45) is 0 Å². The molecule has 0 unspecified atom stereocenters. The van der Waals surface area contributed by atoms with Crippen molar-refractivity contribution >= 4 is 23.3 Å². The third-order valence-corrected chi connectivity index (χ3v) is 3.34. The van der Waals surface area contributed by atoms with Crippen LogP contribution in [0.2, 0.25) is 5.02 Å². The van der Waals surface area contributed by atoms with Crippen LogP contribution >= 0.6 is 11.6 Å². The van der Waals surface area contributed by atoms with Gasteiger partial charge in [-0.15, -0.1) is 0 Å². The number of pyridine rings is 1. The van der Waals surface area contributed by atoms with Crippen LogP contribution in [0, 0.1) is 0 Å². The van der Waals surface area contributed by atoms with Crippen molar-refractivity contribution < 1.29 is 14.6 Å². The molecule has 1 saturated heterocycles. The van der Waals surface area contributed by atoms with Gasteiger partial charge < -0.3 is 20.1 Å². The molecule has 1 fully saturated rings. The fourth-order valence-electron chi connectivity index (χ4n) is 2.13. The third-order valence-electron chi connectivity index (χ3n) is 3.13. The summed E-state index contributed by atoms with van der Waals surface area (Å²) in [4.78, 5) is 17.7. The summed E-state index contributed by atoms with van der Waals surface area (Å²) in [6.45, 7) is 1.65. The van der Waals surface area contributed by atoms with E-state index < -0.39 is 0 Å². The molecule has 6 nitrogen and oxygen atoms in total. The van der Waals surface area contributed by atoms with Crippen molar-refractivity contribution in [3.05, 3.63) is 23.5 Å². The summed E-state index contributed by atoms with van der Waals surface area (Å²) in [6, 6.07) is 1.50. The van der Waals surface area contributed by atoms with E-state index in [-0.39, 0.29) is 18.7 Å². The first-order valence-corrected chi connectivity index (χ1v) is 6.96. The van der Waals surface area contributed by atoms with Gasteiger partial charge in [0.2, 0.25) is 0 Å². The Morgan fingerprint density at radius 2 is 2.25 bits per heavy atom. The molecule has 20 heavy (non-hydrogen) atoms. The summed E-state index contributed by atoms with van der Waals surface area (Å²) in [5, 5.41) is 12.0. The van der Waals surface area contributed by atoms with E-state index in [1.165, 1.54) is 6.20 Å². The number of aliphatic hydroxyl groups excluding tert-OH is 1. The molecule has 0 atom stereocenters. The lowest BCUT2D eigenvalue weighted by Crippen LogP contribution is -2.43. The second kappa shape index (κ2) is 7.42. The molecule has 110 valence electrons. The molecule has 0 spiro atoms. The predicted molar refractivity (Wildman–Crippen MR) is 75.9 cm³/mol. The highest BCUT2D eigenvalue weighted by Crippen LogP contribution is 2.17. The molecule has 2 heterocycles. The van der Waals surface area contributed by atoms with Gasteiger partial charge in [-0.2, -0.15) is 0 Å². The third kappa shape index (κ3) is 4.33. The monoisotopic (exact) mass is 299 g/mol. The Labute approximate surface area is 122 Å². The first kappa shape index (κ1) is 15.0. The number of halogens is 1. The number of hydrogen-bond acceptors (Lipinski definition) is 4. The minimum absolute atomic E-state index is 0.0302. The second-order valence-corrected chi connectivity index (χ2v) is 5.04. The number of nitrogens with zero attached hydrogens (tertiary/aromatic N) is 2. The molecule has 7 heteroatoms. The maximum absolute atomic E-state index is 12.1. The van der Waals surface area contributed by atoms with E-state index in [1.807, 2.05) is 0 Å². The summed E-state index contributed by atoms with van der Waals surface area (Å²) < 4.78 is 5.46. The number of carbonyl (C=O) groups is 1. The van der Waals surface area contributed by atoms with Crippen LogP contribution in [-0.2, 0) is 4.74 Å². The van der Waals surface area contributed by atoms with Gasteiger partial charge in [0, 0.05) is 19.3 Å². The minimum Gasteiger partial charge on any atom is -0.394 e. The quantitative estimate of drug-likeness (QED) is 0.888. The van der Waals surface area contributed by atoms with Crippen molar-refractivity contribution in [3.8, 4) is 0 Å². The SMILES string of the molecule is O=C(Nc1cncc(Cl)c1)N1CCC(OCCO)CC1. The molecule has 0 aromatic carbocycles. The summed E-state index contributed by atoms with van der Waals surface area (Å²) >= 11 is 5.82. The van der Waals surface area contributed by atoms with E-state index in [4.69, 9.17) is 21.4 Å². The van der Waals surface area contributed by atoms with Crippen LogP contribution in [0.5, 0.6) is 0 Å². The summed E-state index contributed by atoms with van der Waals surface area (Å²) in [7, 11) is 0. The number of aromatic nitrogens is 1. The van der Waals surface area contributed by atoms with Crippen LogP contribution in [0.4, 0.5) is 10.5 Å².